The summed E-state index contributed by atoms with van der Waals surface area (Å²) in [5, 5.41) is 0. The zero-order valence-corrected chi connectivity index (χ0v) is 15.8. The molecule has 0 aromatic heterocycles. The van der Waals surface area contributed by atoms with Crippen LogP contribution in [0.2, 0.25) is 0 Å². The van der Waals surface area contributed by atoms with Gasteiger partial charge < -0.3 is 4.74 Å². The standard InChI is InChI=1S/C22H40O/c1-3-5-7-9-19-10-12-20(13-11-19)21-14-16-22(17-15-21)23-18-8-6-4-2/h7,9,19-22H,3-6,8,10-18H2,1-2H3/b9-7+/t19-,20-,21?,22?. The number of hydrogen-bond donors (Lipinski definition) is 0. The average Bonchev–Trinajstić information content (AvgIpc) is 2.60. The molecular formula is C22H40O. The van der Waals surface area contributed by atoms with E-state index in [4.69, 9.17) is 4.74 Å². The Bertz CT molecular complexity index is 306. The second kappa shape index (κ2) is 11.3. The zero-order chi connectivity index (χ0) is 16.3. The number of allylic oxidation sites excluding steroid dienone is 2. The molecule has 0 radical (unpaired) electrons. The molecule has 0 N–H and O–H groups in total. The van der Waals surface area contributed by atoms with Gasteiger partial charge in [-0.25, -0.2) is 0 Å². The zero-order valence-electron chi connectivity index (χ0n) is 15.8. The second-order valence-electron chi connectivity index (χ2n) is 8.01. The van der Waals surface area contributed by atoms with E-state index < -0.39 is 0 Å². The van der Waals surface area contributed by atoms with Crippen LogP contribution in [0.15, 0.2) is 12.2 Å². The van der Waals surface area contributed by atoms with E-state index in [2.05, 4.69) is 26.0 Å². The molecule has 2 fully saturated rings. The Morgan fingerprint density at radius 1 is 0.783 bits per heavy atom. The summed E-state index contributed by atoms with van der Waals surface area (Å²) in [6, 6.07) is 0. The van der Waals surface area contributed by atoms with Gasteiger partial charge in [-0.2, -0.15) is 0 Å². The molecule has 2 rings (SSSR count). The van der Waals surface area contributed by atoms with Crippen LogP contribution >= 0.6 is 0 Å². The molecule has 0 bridgehead atoms. The van der Waals surface area contributed by atoms with Gasteiger partial charge >= 0.3 is 0 Å². The van der Waals surface area contributed by atoms with Gasteiger partial charge in [0.05, 0.1) is 6.10 Å². The Kier molecular flexibility index (Phi) is 9.34. The summed E-state index contributed by atoms with van der Waals surface area (Å²) >= 11 is 0. The Labute approximate surface area is 145 Å². The molecule has 134 valence electrons. The summed E-state index contributed by atoms with van der Waals surface area (Å²) < 4.78 is 6.08. The summed E-state index contributed by atoms with van der Waals surface area (Å²) in [7, 11) is 0. The molecule has 23 heavy (non-hydrogen) atoms. The van der Waals surface area contributed by atoms with Crippen molar-refractivity contribution in [3.05, 3.63) is 12.2 Å². The third-order valence-electron chi connectivity index (χ3n) is 6.17. The Balaban J connectivity index is 1.59. The number of unbranched alkanes of at least 4 members (excludes halogenated alkanes) is 3. The minimum Gasteiger partial charge on any atom is -0.378 e. The molecule has 2 saturated carbocycles. The van der Waals surface area contributed by atoms with Crippen molar-refractivity contribution in [1.82, 2.24) is 0 Å². The van der Waals surface area contributed by atoms with Crippen molar-refractivity contribution in [3.63, 3.8) is 0 Å². The summed E-state index contributed by atoms with van der Waals surface area (Å²) in [6.45, 7) is 5.53. The van der Waals surface area contributed by atoms with Crippen LogP contribution in [-0.2, 0) is 4.74 Å². The molecule has 2 aliphatic rings. The third-order valence-corrected chi connectivity index (χ3v) is 6.17. The van der Waals surface area contributed by atoms with Crippen LogP contribution in [0.3, 0.4) is 0 Å². The fraction of sp³-hybridized carbons (Fsp3) is 0.909. The average molecular weight is 321 g/mol. The summed E-state index contributed by atoms with van der Waals surface area (Å²) in [6.07, 6.45) is 23.3. The van der Waals surface area contributed by atoms with Crippen molar-refractivity contribution in [2.75, 3.05) is 6.61 Å². The lowest BCUT2D eigenvalue weighted by molar-refractivity contribution is 0.00606. The molecule has 0 aliphatic heterocycles. The number of ether oxygens (including phenoxy) is 1. The first-order chi connectivity index (χ1) is 11.3. The fourth-order valence-corrected chi connectivity index (χ4v) is 4.59. The van der Waals surface area contributed by atoms with Gasteiger partial charge in [-0.3, -0.25) is 0 Å². The summed E-state index contributed by atoms with van der Waals surface area (Å²) in [5.74, 6) is 2.91. The van der Waals surface area contributed by atoms with Crippen LogP contribution < -0.4 is 0 Å². The van der Waals surface area contributed by atoms with E-state index in [-0.39, 0.29) is 0 Å². The Morgan fingerprint density at radius 3 is 2.04 bits per heavy atom. The van der Waals surface area contributed by atoms with Gasteiger partial charge in [0.2, 0.25) is 0 Å². The largest absolute Gasteiger partial charge is 0.378 e. The first-order valence-electron chi connectivity index (χ1n) is 10.6. The monoisotopic (exact) mass is 320 g/mol. The highest BCUT2D eigenvalue weighted by molar-refractivity contribution is 4.92. The lowest BCUT2D eigenvalue weighted by Gasteiger charge is -2.37. The predicted octanol–water partition coefficient (Wildman–Crippen LogP) is 6.91. The Morgan fingerprint density at radius 2 is 1.43 bits per heavy atom. The van der Waals surface area contributed by atoms with Crippen molar-refractivity contribution in [1.29, 1.82) is 0 Å². The third kappa shape index (κ3) is 6.99. The second-order valence-corrected chi connectivity index (χ2v) is 8.01. The summed E-state index contributed by atoms with van der Waals surface area (Å²) in [5.41, 5.74) is 0. The molecule has 0 aromatic rings. The number of rotatable bonds is 9. The van der Waals surface area contributed by atoms with Gasteiger partial charge in [-0.15, -0.1) is 0 Å². The van der Waals surface area contributed by atoms with Gasteiger partial charge in [-0.1, -0.05) is 45.3 Å². The van der Waals surface area contributed by atoms with Gasteiger partial charge in [0, 0.05) is 6.61 Å². The maximum Gasteiger partial charge on any atom is 0.0575 e. The van der Waals surface area contributed by atoms with Gasteiger partial charge in [0.15, 0.2) is 0 Å². The van der Waals surface area contributed by atoms with E-state index in [0.29, 0.717) is 6.10 Å². The smallest absolute Gasteiger partial charge is 0.0575 e. The fourth-order valence-electron chi connectivity index (χ4n) is 4.59. The first kappa shape index (κ1) is 19.0. The van der Waals surface area contributed by atoms with Crippen LogP contribution in [0.25, 0.3) is 0 Å². The maximum atomic E-state index is 6.08. The highest BCUT2D eigenvalue weighted by Gasteiger charge is 2.30. The Hall–Kier alpha value is -0.300. The summed E-state index contributed by atoms with van der Waals surface area (Å²) in [4.78, 5) is 0. The lowest BCUT2D eigenvalue weighted by atomic mass is 9.70. The molecule has 0 unspecified atom stereocenters. The minimum absolute atomic E-state index is 0.580. The van der Waals surface area contributed by atoms with Crippen LogP contribution in [0, 0.1) is 17.8 Å². The normalized spacial score (nSPS) is 32.4. The van der Waals surface area contributed by atoms with Crippen LogP contribution in [0.4, 0.5) is 0 Å². The molecular weight excluding hydrogens is 280 g/mol. The molecule has 1 nitrogen and oxygen atoms in total. The molecule has 1 heteroatoms. The maximum absolute atomic E-state index is 6.08. The first-order valence-corrected chi connectivity index (χ1v) is 10.6. The van der Waals surface area contributed by atoms with Crippen LogP contribution in [0.5, 0.6) is 0 Å². The molecule has 2 aliphatic carbocycles. The van der Waals surface area contributed by atoms with Gasteiger partial charge in [-0.05, 0) is 82.0 Å². The highest BCUT2D eigenvalue weighted by Crippen LogP contribution is 2.40. The van der Waals surface area contributed by atoms with E-state index in [9.17, 15) is 0 Å². The van der Waals surface area contributed by atoms with E-state index in [0.717, 1.165) is 24.4 Å². The van der Waals surface area contributed by atoms with Crippen molar-refractivity contribution < 1.29 is 4.74 Å². The van der Waals surface area contributed by atoms with Crippen LogP contribution in [-0.4, -0.2) is 12.7 Å². The molecule has 0 aromatic carbocycles. The van der Waals surface area contributed by atoms with E-state index in [1.807, 2.05) is 0 Å². The molecule has 0 heterocycles. The van der Waals surface area contributed by atoms with E-state index in [1.165, 1.54) is 83.5 Å². The van der Waals surface area contributed by atoms with Crippen molar-refractivity contribution in [2.45, 2.75) is 103 Å². The van der Waals surface area contributed by atoms with E-state index >= 15 is 0 Å². The lowest BCUT2D eigenvalue weighted by Crippen LogP contribution is -2.28. The SMILES string of the molecule is CCC/C=C/[C@H]1CC[C@H](C2CCC(OCCCCC)CC2)CC1. The topological polar surface area (TPSA) is 9.23 Å². The van der Waals surface area contributed by atoms with Crippen molar-refractivity contribution in [3.8, 4) is 0 Å². The van der Waals surface area contributed by atoms with Crippen LogP contribution in [0.1, 0.15) is 97.3 Å². The van der Waals surface area contributed by atoms with Crippen molar-refractivity contribution >= 4 is 0 Å². The molecule has 0 atom stereocenters. The minimum atomic E-state index is 0.580. The molecule has 0 amide bonds. The van der Waals surface area contributed by atoms with E-state index in [1.54, 1.807) is 0 Å². The van der Waals surface area contributed by atoms with Gasteiger partial charge in [0.1, 0.15) is 0 Å². The predicted molar refractivity (Wildman–Crippen MR) is 101 cm³/mol. The molecule has 0 saturated heterocycles. The molecule has 0 spiro atoms. The van der Waals surface area contributed by atoms with Crippen molar-refractivity contribution in [2.24, 2.45) is 17.8 Å². The van der Waals surface area contributed by atoms with Gasteiger partial charge in [0.25, 0.3) is 0 Å². The highest BCUT2D eigenvalue weighted by atomic mass is 16.5. The quantitative estimate of drug-likeness (QED) is 0.331. The number of hydrogen-bond acceptors (Lipinski definition) is 1.